The molecule has 0 spiro atoms. The van der Waals surface area contributed by atoms with Crippen molar-refractivity contribution in [2.45, 2.75) is 58.5 Å². The van der Waals surface area contributed by atoms with Gasteiger partial charge in [-0.25, -0.2) is 0 Å². The molecule has 0 aromatic heterocycles. The Morgan fingerprint density at radius 3 is 2.47 bits per heavy atom. The first kappa shape index (κ1) is 12.5. The molecular weight excluding hydrogens is 188 g/mol. The Balaban J connectivity index is 2.12. The second-order valence-electron chi connectivity index (χ2n) is 5.39. The van der Waals surface area contributed by atoms with Gasteiger partial charge in [0.25, 0.3) is 0 Å². The number of carbonyl (C=O) groups is 1. The summed E-state index contributed by atoms with van der Waals surface area (Å²) in [5.74, 6) is 0.953. The van der Waals surface area contributed by atoms with Gasteiger partial charge in [-0.2, -0.15) is 0 Å². The third-order valence-electron chi connectivity index (χ3n) is 2.98. The van der Waals surface area contributed by atoms with Gasteiger partial charge in [0.2, 0.25) is 5.91 Å². The zero-order valence-electron chi connectivity index (χ0n) is 10.4. The Morgan fingerprint density at radius 2 is 2.00 bits per heavy atom. The third kappa shape index (κ3) is 4.65. The van der Waals surface area contributed by atoms with Crippen LogP contribution in [0.3, 0.4) is 0 Å². The van der Waals surface area contributed by atoms with Crippen molar-refractivity contribution in [2.75, 3.05) is 6.54 Å². The van der Waals surface area contributed by atoms with E-state index in [9.17, 15) is 4.79 Å². The van der Waals surface area contributed by atoms with Crippen LogP contribution < -0.4 is 10.6 Å². The molecule has 0 aliphatic heterocycles. The standard InChI is InChI=1S/C12H24N2O/c1-9(2)14-11(15)7-8-13-12(3,4)10-5-6-10/h9-10,13H,5-8H2,1-4H3,(H,14,15). The molecular formula is C12H24N2O. The summed E-state index contributed by atoms with van der Waals surface area (Å²) in [7, 11) is 0. The Labute approximate surface area is 93.0 Å². The summed E-state index contributed by atoms with van der Waals surface area (Å²) < 4.78 is 0. The lowest BCUT2D eigenvalue weighted by molar-refractivity contribution is -0.121. The Morgan fingerprint density at radius 1 is 1.40 bits per heavy atom. The number of rotatable bonds is 6. The van der Waals surface area contributed by atoms with Crippen molar-refractivity contribution in [3.8, 4) is 0 Å². The number of hydrogen-bond donors (Lipinski definition) is 2. The van der Waals surface area contributed by atoms with Gasteiger partial charge in [0, 0.05) is 24.5 Å². The number of amides is 1. The van der Waals surface area contributed by atoms with E-state index >= 15 is 0 Å². The SMILES string of the molecule is CC(C)NC(=O)CCNC(C)(C)C1CC1. The summed E-state index contributed by atoms with van der Waals surface area (Å²) in [5, 5.41) is 6.36. The number of carbonyl (C=O) groups excluding carboxylic acids is 1. The van der Waals surface area contributed by atoms with E-state index in [2.05, 4.69) is 24.5 Å². The van der Waals surface area contributed by atoms with E-state index in [1.165, 1.54) is 12.8 Å². The fraction of sp³-hybridized carbons (Fsp3) is 0.917. The molecule has 1 amide bonds. The minimum atomic E-state index is 0.143. The van der Waals surface area contributed by atoms with Crippen LogP contribution in [0.5, 0.6) is 0 Å². The van der Waals surface area contributed by atoms with Gasteiger partial charge in [0.1, 0.15) is 0 Å². The Kier molecular flexibility index (Phi) is 4.14. The van der Waals surface area contributed by atoms with Crippen LogP contribution in [0.15, 0.2) is 0 Å². The molecule has 0 heterocycles. The minimum absolute atomic E-state index is 0.143. The van der Waals surface area contributed by atoms with Gasteiger partial charge in [-0.1, -0.05) is 0 Å². The summed E-state index contributed by atoms with van der Waals surface area (Å²) in [6, 6.07) is 0.244. The van der Waals surface area contributed by atoms with Crippen LogP contribution in [0, 0.1) is 5.92 Å². The molecule has 0 aromatic carbocycles. The molecule has 15 heavy (non-hydrogen) atoms. The van der Waals surface area contributed by atoms with Crippen molar-refractivity contribution < 1.29 is 4.79 Å². The highest BCUT2D eigenvalue weighted by atomic mass is 16.1. The van der Waals surface area contributed by atoms with Crippen molar-refractivity contribution in [3.63, 3.8) is 0 Å². The average molecular weight is 212 g/mol. The Bertz CT molecular complexity index is 220. The molecule has 0 atom stereocenters. The molecule has 1 aliphatic rings. The largest absolute Gasteiger partial charge is 0.354 e. The molecule has 2 N–H and O–H groups in total. The maximum atomic E-state index is 11.4. The predicted molar refractivity (Wildman–Crippen MR) is 62.7 cm³/mol. The van der Waals surface area contributed by atoms with Gasteiger partial charge in [-0.15, -0.1) is 0 Å². The van der Waals surface area contributed by atoms with Crippen LogP contribution in [0.1, 0.15) is 47.0 Å². The molecule has 1 fully saturated rings. The summed E-state index contributed by atoms with van der Waals surface area (Å²) in [4.78, 5) is 11.4. The highest BCUT2D eigenvalue weighted by molar-refractivity contribution is 5.76. The van der Waals surface area contributed by atoms with E-state index in [1.807, 2.05) is 13.8 Å². The summed E-state index contributed by atoms with van der Waals surface area (Å²) >= 11 is 0. The van der Waals surface area contributed by atoms with Crippen LogP contribution in [0.25, 0.3) is 0 Å². The average Bonchev–Trinajstić information content (AvgIpc) is 2.83. The van der Waals surface area contributed by atoms with Crippen molar-refractivity contribution in [3.05, 3.63) is 0 Å². The van der Waals surface area contributed by atoms with Crippen LogP contribution in [0.2, 0.25) is 0 Å². The van der Waals surface area contributed by atoms with Crippen molar-refractivity contribution in [1.82, 2.24) is 10.6 Å². The highest BCUT2D eigenvalue weighted by Gasteiger charge is 2.36. The van der Waals surface area contributed by atoms with E-state index in [0.29, 0.717) is 6.42 Å². The van der Waals surface area contributed by atoms with Gasteiger partial charge in [0.05, 0.1) is 0 Å². The lowest BCUT2D eigenvalue weighted by atomic mass is 9.99. The van der Waals surface area contributed by atoms with E-state index < -0.39 is 0 Å². The number of nitrogens with one attached hydrogen (secondary N) is 2. The molecule has 3 heteroatoms. The second-order valence-corrected chi connectivity index (χ2v) is 5.39. The first-order chi connectivity index (χ1) is 6.92. The van der Waals surface area contributed by atoms with Crippen LogP contribution in [-0.4, -0.2) is 24.0 Å². The van der Waals surface area contributed by atoms with Gasteiger partial charge in [-0.3, -0.25) is 4.79 Å². The maximum absolute atomic E-state index is 11.4. The molecule has 0 unspecified atom stereocenters. The predicted octanol–water partition coefficient (Wildman–Crippen LogP) is 1.68. The fourth-order valence-electron chi connectivity index (χ4n) is 1.84. The lowest BCUT2D eigenvalue weighted by Gasteiger charge is -2.26. The zero-order chi connectivity index (χ0) is 11.5. The topological polar surface area (TPSA) is 41.1 Å². The van der Waals surface area contributed by atoms with Crippen molar-refractivity contribution in [1.29, 1.82) is 0 Å². The maximum Gasteiger partial charge on any atom is 0.221 e. The van der Waals surface area contributed by atoms with Crippen LogP contribution in [-0.2, 0) is 4.79 Å². The van der Waals surface area contributed by atoms with Gasteiger partial charge < -0.3 is 10.6 Å². The second kappa shape index (κ2) is 4.97. The summed E-state index contributed by atoms with van der Waals surface area (Å²) in [5.41, 5.74) is 0.206. The highest BCUT2D eigenvalue weighted by Crippen LogP contribution is 2.38. The molecule has 0 aromatic rings. The smallest absolute Gasteiger partial charge is 0.221 e. The van der Waals surface area contributed by atoms with E-state index in [-0.39, 0.29) is 17.5 Å². The normalized spacial score (nSPS) is 16.9. The molecule has 1 saturated carbocycles. The van der Waals surface area contributed by atoms with Gasteiger partial charge >= 0.3 is 0 Å². The van der Waals surface area contributed by atoms with Crippen LogP contribution >= 0.6 is 0 Å². The number of hydrogen-bond acceptors (Lipinski definition) is 2. The molecule has 0 radical (unpaired) electrons. The van der Waals surface area contributed by atoms with Gasteiger partial charge in [-0.05, 0) is 46.5 Å². The molecule has 0 saturated heterocycles. The first-order valence-corrected chi connectivity index (χ1v) is 5.96. The lowest BCUT2D eigenvalue weighted by Crippen LogP contribution is -2.43. The van der Waals surface area contributed by atoms with E-state index in [1.54, 1.807) is 0 Å². The molecule has 1 rings (SSSR count). The monoisotopic (exact) mass is 212 g/mol. The summed E-state index contributed by atoms with van der Waals surface area (Å²) in [6.07, 6.45) is 3.24. The van der Waals surface area contributed by atoms with E-state index in [0.717, 1.165) is 12.5 Å². The van der Waals surface area contributed by atoms with Crippen molar-refractivity contribution >= 4 is 5.91 Å². The first-order valence-electron chi connectivity index (χ1n) is 5.96. The van der Waals surface area contributed by atoms with E-state index in [4.69, 9.17) is 0 Å². The molecule has 1 aliphatic carbocycles. The molecule has 3 nitrogen and oxygen atoms in total. The fourth-order valence-corrected chi connectivity index (χ4v) is 1.84. The third-order valence-corrected chi connectivity index (χ3v) is 2.98. The minimum Gasteiger partial charge on any atom is -0.354 e. The zero-order valence-corrected chi connectivity index (χ0v) is 10.4. The molecule has 88 valence electrons. The Hall–Kier alpha value is -0.570. The quantitative estimate of drug-likeness (QED) is 0.703. The summed E-state index contributed by atoms with van der Waals surface area (Å²) in [6.45, 7) is 9.21. The van der Waals surface area contributed by atoms with Crippen LogP contribution in [0.4, 0.5) is 0 Å². The van der Waals surface area contributed by atoms with Gasteiger partial charge in [0.15, 0.2) is 0 Å². The van der Waals surface area contributed by atoms with Crippen molar-refractivity contribution in [2.24, 2.45) is 5.92 Å². The molecule has 0 bridgehead atoms.